The first kappa shape index (κ1) is 12.4. The van der Waals surface area contributed by atoms with Crippen LogP contribution < -0.4 is 5.73 Å². The van der Waals surface area contributed by atoms with Gasteiger partial charge in [-0.25, -0.2) is 0 Å². The van der Waals surface area contributed by atoms with Gasteiger partial charge in [0.25, 0.3) is 0 Å². The zero-order chi connectivity index (χ0) is 12.1. The van der Waals surface area contributed by atoms with Crippen molar-refractivity contribution in [3.8, 4) is 0 Å². The summed E-state index contributed by atoms with van der Waals surface area (Å²) in [6, 6.07) is 6.37. The lowest BCUT2D eigenvalue weighted by Crippen LogP contribution is -2.31. The van der Waals surface area contributed by atoms with E-state index in [4.69, 9.17) is 5.73 Å². The number of nitrogen functional groups attached to an aromatic ring is 1. The van der Waals surface area contributed by atoms with Crippen LogP contribution in [0.5, 0.6) is 0 Å². The van der Waals surface area contributed by atoms with Gasteiger partial charge in [-0.05, 0) is 42.6 Å². The van der Waals surface area contributed by atoms with E-state index in [1.165, 1.54) is 49.9 Å². The second-order valence-corrected chi connectivity index (χ2v) is 5.11. The quantitative estimate of drug-likeness (QED) is 0.624. The summed E-state index contributed by atoms with van der Waals surface area (Å²) >= 11 is 0. The fraction of sp³-hybridized carbons (Fsp3) is 0.600. The molecule has 2 heteroatoms. The van der Waals surface area contributed by atoms with Gasteiger partial charge in [-0.3, -0.25) is 4.90 Å². The van der Waals surface area contributed by atoms with Crippen molar-refractivity contribution in [1.82, 2.24) is 4.90 Å². The third-order valence-corrected chi connectivity index (χ3v) is 3.65. The zero-order valence-electron chi connectivity index (χ0n) is 10.9. The van der Waals surface area contributed by atoms with Gasteiger partial charge in [-0.15, -0.1) is 0 Å². The Kier molecular flexibility index (Phi) is 4.43. The molecule has 17 heavy (non-hydrogen) atoms. The lowest BCUT2D eigenvalue weighted by Gasteiger charge is -2.28. The van der Waals surface area contributed by atoms with Gasteiger partial charge in [0.2, 0.25) is 0 Å². The average Bonchev–Trinajstić information content (AvgIpc) is 2.35. The zero-order valence-corrected chi connectivity index (χ0v) is 10.9. The topological polar surface area (TPSA) is 29.3 Å². The van der Waals surface area contributed by atoms with Crippen LogP contribution in [0.3, 0.4) is 0 Å². The normalized spacial score (nSPS) is 15.8. The third kappa shape index (κ3) is 3.47. The van der Waals surface area contributed by atoms with E-state index in [0.29, 0.717) is 0 Å². The molecule has 0 saturated carbocycles. The summed E-state index contributed by atoms with van der Waals surface area (Å²) in [5.74, 6) is 0. The van der Waals surface area contributed by atoms with Gasteiger partial charge in [0.05, 0.1) is 0 Å². The lowest BCUT2D eigenvalue weighted by atomic mass is 9.99. The van der Waals surface area contributed by atoms with Crippen LogP contribution in [0.4, 0.5) is 5.69 Å². The molecule has 1 aliphatic rings. The number of nitrogens with two attached hydrogens (primary N) is 1. The van der Waals surface area contributed by atoms with Crippen LogP contribution in [0.15, 0.2) is 18.2 Å². The van der Waals surface area contributed by atoms with E-state index in [1.807, 2.05) is 6.07 Å². The van der Waals surface area contributed by atoms with Crippen LogP contribution in [0, 0.1) is 0 Å². The summed E-state index contributed by atoms with van der Waals surface area (Å²) in [7, 11) is 0. The highest BCUT2D eigenvalue weighted by Gasteiger charge is 2.15. The Morgan fingerprint density at radius 3 is 2.88 bits per heavy atom. The Morgan fingerprint density at radius 1 is 1.18 bits per heavy atom. The summed E-state index contributed by atoms with van der Waals surface area (Å²) < 4.78 is 0. The minimum Gasteiger partial charge on any atom is -0.399 e. The Balaban J connectivity index is 1.84. The number of hydrogen-bond donors (Lipinski definition) is 1. The van der Waals surface area contributed by atoms with E-state index >= 15 is 0 Å². The maximum Gasteiger partial charge on any atom is 0.0316 e. The highest BCUT2D eigenvalue weighted by Crippen LogP contribution is 2.21. The van der Waals surface area contributed by atoms with Crippen LogP contribution in [0.2, 0.25) is 0 Å². The molecule has 0 bridgehead atoms. The molecule has 0 radical (unpaired) electrons. The summed E-state index contributed by atoms with van der Waals surface area (Å²) in [6.45, 7) is 5.83. The Bertz CT molecular complexity index is 360. The maximum absolute atomic E-state index is 5.82. The summed E-state index contributed by atoms with van der Waals surface area (Å²) in [6.07, 6.45) is 6.58. The van der Waals surface area contributed by atoms with Crippen molar-refractivity contribution in [3.63, 3.8) is 0 Å². The van der Waals surface area contributed by atoms with Crippen molar-refractivity contribution in [2.75, 3.05) is 18.8 Å². The number of unbranched alkanes of at least 4 members (excludes halogenated alkanes) is 3. The summed E-state index contributed by atoms with van der Waals surface area (Å²) in [5, 5.41) is 0. The monoisotopic (exact) mass is 232 g/mol. The molecular weight excluding hydrogens is 208 g/mol. The second-order valence-electron chi connectivity index (χ2n) is 5.11. The van der Waals surface area contributed by atoms with E-state index in [0.717, 1.165) is 18.7 Å². The SMILES string of the molecule is CCCCCCN1CCc2cc(N)ccc2C1. The number of rotatable bonds is 5. The first-order chi connectivity index (χ1) is 8.29. The van der Waals surface area contributed by atoms with Gasteiger partial charge in [0.1, 0.15) is 0 Å². The van der Waals surface area contributed by atoms with Crippen molar-refractivity contribution in [2.45, 2.75) is 45.6 Å². The number of anilines is 1. The largest absolute Gasteiger partial charge is 0.399 e. The Morgan fingerprint density at radius 2 is 2.06 bits per heavy atom. The highest BCUT2D eigenvalue weighted by atomic mass is 15.1. The second kappa shape index (κ2) is 6.06. The molecule has 1 aromatic rings. The van der Waals surface area contributed by atoms with Crippen molar-refractivity contribution < 1.29 is 0 Å². The molecule has 0 aliphatic carbocycles. The highest BCUT2D eigenvalue weighted by molar-refractivity contribution is 5.45. The van der Waals surface area contributed by atoms with E-state index < -0.39 is 0 Å². The molecule has 94 valence electrons. The third-order valence-electron chi connectivity index (χ3n) is 3.65. The van der Waals surface area contributed by atoms with Gasteiger partial charge in [0.15, 0.2) is 0 Å². The van der Waals surface area contributed by atoms with Crippen LogP contribution in [0.1, 0.15) is 43.7 Å². The van der Waals surface area contributed by atoms with Crippen molar-refractivity contribution >= 4 is 5.69 Å². The van der Waals surface area contributed by atoms with E-state index in [-0.39, 0.29) is 0 Å². The molecule has 0 aromatic heterocycles. The number of fused-ring (bicyclic) bond motifs is 1. The van der Waals surface area contributed by atoms with Gasteiger partial charge in [-0.1, -0.05) is 32.3 Å². The standard InChI is InChI=1S/C15H24N2/c1-2-3-4-5-9-17-10-8-13-11-15(16)7-6-14(13)12-17/h6-7,11H,2-5,8-10,12,16H2,1H3. The average molecular weight is 232 g/mol. The molecule has 0 spiro atoms. The number of hydrogen-bond acceptors (Lipinski definition) is 2. The molecule has 0 fully saturated rings. The smallest absolute Gasteiger partial charge is 0.0316 e. The van der Waals surface area contributed by atoms with Crippen molar-refractivity contribution in [2.24, 2.45) is 0 Å². The molecule has 0 atom stereocenters. The van der Waals surface area contributed by atoms with Crippen LogP contribution in [-0.2, 0) is 13.0 Å². The maximum atomic E-state index is 5.82. The number of nitrogens with zero attached hydrogens (tertiary/aromatic N) is 1. The van der Waals surface area contributed by atoms with Crippen molar-refractivity contribution in [1.29, 1.82) is 0 Å². The van der Waals surface area contributed by atoms with Gasteiger partial charge >= 0.3 is 0 Å². The molecule has 1 aromatic carbocycles. The number of benzene rings is 1. The van der Waals surface area contributed by atoms with Gasteiger partial charge in [-0.2, -0.15) is 0 Å². The van der Waals surface area contributed by atoms with Crippen LogP contribution >= 0.6 is 0 Å². The van der Waals surface area contributed by atoms with E-state index in [2.05, 4.69) is 24.0 Å². The predicted octanol–water partition coefficient (Wildman–Crippen LogP) is 3.21. The molecule has 2 rings (SSSR count). The minimum absolute atomic E-state index is 0.903. The molecule has 0 saturated heterocycles. The summed E-state index contributed by atoms with van der Waals surface area (Å²) in [5.41, 5.74) is 9.65. The van der Waals surface area contributed by atoms with E-state index in [9.17, 15) is 0 Å². The van der Waals surface area contributed by atoms with Crippen molar-refractivity contribution in [3.05, 3.63) is 29.3 Å². The fourth-order valence-corrected chi connectivity index (χ4v) is 2.58. The first-order valence-corrected chi connectivity index (χ1v) is 6.89. The lowest BCUT2D eigenvalue weighted by molar-refractivity contribution is 0.248. The molecule has 0 amide bonds. The predicted molar refractivity (Wildman–Crippen MR) is 74.0 cm³/mol. The van der Waals surface area contributed by atoms with E-state index in [1.54, 1.807) is 0 Å². The molecule has 2 N–H and O–H groups in total. The Labute approximate surface area is 105 Å². The molecule has 1 aliphatic heterocycles. The molecule has 2 nitrogen and oxygen atoms in total. The molecule has 0 unspecified atom stereocenters. The van der Waals surface area contributed by atoms with Crippen LogP contribution in [0.25, 0.3) is 0 Å². The fourth-order valence-electron chi connectivity index (χ4n) is 2.58. The molecule has 1 heterocycles. The van der Waals surface area contributed by atoms with Gasteiger partial charge < -0.3 is 5.73 Å². The minimum atomic E-state index is 0.903. The Hall–Kier alpha value is -1.02. The summed E-state index contributed by atoms with van der Waals surface area (Å²) in [4.78, 5) is 2.58. The van der Waals surface area contributed by atoms with Gasteiger partial charge in [0, 0.05) is 18.8 Å². The first-order valence-electron chi connectivity index (χ1n) is 6.89. The van der Waals surface area contributed by atoms with Crippen LogP contribution in [-0.4, -0.2) is 18.0 Å². The molecular formula is C15H24N2.